The molecule has 1 rings (SSSR count). The molecule has 0 atom stereocenters. The van der Waals surface area contributed by atoms with Gasteiger partial charge in [-0.1, -0.05) is 6.08 Å². The fourth-order valence-electron chi connectivity index (χ4n) is 0.531. The maximum Gasteiger partial charge on any atom is 0.166 e. The van der Waals surface area contributed by atoms with Crippen LogP contribution in [0.2, 0.25) is 0 Å². The first-order valence-corrected chi connectivity index (χ1v) is 2.98. The Balaban J connectivity index is 2.50. The molecule has 0 saturated carbocycles. The Labute approximate surface area is 59.8 Å². The summed E-state index contributed by atoms with van der Waals surface area (Å²) in [6, 6.07) is 0. The molecule has 0 fully saturated rings. The van der Waals surface area contributed by atoms with Gasteiger partial charge in [-0.25, -0.2) is 4.98 Å². The van der Waals surface area contributed by atoms with Gasteiger partial charge in [0.2, 0.25) is 0 Å². The Hall–Kier alpha value is -1.38. The second kappa shape index (κ2) is 3.61. The molecule has 1 aromatic heterocycles. The van der Waals surface area contributed by atoms with E-state index >= 15 is 0 Å². The Morgan fingerprint density at radius 1 is 1.60 bits per heavy atom. The van der Waals surface area contributed by atoms with Crippen molar-refractivity contribution in [2.45, 2.75) is 0 Å². The number of aromatic nitrogens is 2. The van der Waals surface area contributed by atoms with Gasteiger partial charge in [0.05, 0.1) is 12.7 Å². The van der Waals surface area contributed by atoms with Crippen molar-refractivity contribution in [3.63, 3.8) is 0 Å². The van der Waals surface area contributed by atoms with E-state index < -0.39 is 0 Å². The molecule has 0 spiro atoms. The molecule has 0 unspecified atom stereocenters. The normalized spacial score (nSPS) is 8.80. The van der Waals surface area contributed by atoms with Crippen molar-refractivity contribution < 1.29 is 0 Å². The summed E-state index contributed by atoms with van der Waals surface area (Å²) in [5.74, 6) is 0.655. The summed E-state index contributed by atoms with van der Waals surface area (Å²) < 4.78 is 0. The zero-order chi connectivity index (χ0) is 7.23. The zero-order valence-electron chi connectivity index (χ0n) is 5.57. The van der Waals surface area contributed by atoms with Crippen LogP contribution in [0.3, 0.4) is 0 Å². The first-order valence-electron chi connectivity index (χ1n) is 2.98. The summed E-state index contributed by atoms with van der Waals surface area (Å²) >= 11 is 0. The number of nitrogens with zero attached hydrogens (tertiary/aromatic N) is 3. The van der Waals surface area contributed by atoms with Crippen molar-refractivity contribution in [2.24, 2.45) is 0 Å². The maximum absolute atomic E-state index is 4.03. The van der Waals surface area contributed by atoms with Crippen LogP contribution in [0, 0.1) is 0 Å². The van der Waals surface area contributed by atoms with E-state index in [9.17, 15) is 0 Å². The fourth-order valence-corrected chi connectivity index (χ4v) is 0.531. The molecular weight excluding hydrogens is 126 g/mol. The average Bonchev–Trinajstić information content (AvgIpc) is 2.03. The highest BCUT2D eigenvalue weighted by molar-refractivity contribution is 5.19. The lowest BCUT2D eigenvalue weighted by atomic mass is 10.6. The lowest BCUT2D eigenvalue weighted by Gasteiger charge is -1.94. The Kier molecular flexibility index (Phi) is 2.43. The Morgan fingerprint density at radius 3 is 3.10 bits per heavy atom. The maximum atomic E-state index is 4.03. The molecule has 1 heterocycles. The van der Waals surface area contributed by atoms with Gasteiger partial charge in [0.15, 0.2) is 5.82 Å². The predicted molar refractivity (Wildman–Crippen MR) is 38.9 cm³/mol. The fraction of sp³-hybridized carbons (Fsp3) is 0.143. The molecule has 0 N–H and O–H groups in total. The van der Waals surface area contributed by atoms with Crippen molar-refractivity contribution in [1.82, 2.24) is 15.3 Å². The van der Waals surface area contributed by atoms with E-state index in [0.717, 1.165) is 0 Å². The molecule has 0 aliphatic carbocycles. The largest absolute Gasteiger partial charge is 0.261 e. The number of rotatable bonds is 3. The van der Waals surface area contributed by atoms with Crippen molar-refractivity contribution in [2.75, 3.05) is 6.54 Å². The van der Waals surface area contributed by atoms with Gasteiger partial charge in [0.1, 0.15) is 0 Å². The van der Waals surface area contributed by atoms with Gasteiger partial charge in [0, 0.05) is 12.4 Å². The summed E-state index contributed by atoms with van der Waals surface area (Å²) in [6.45, 7) is 4.13. The highest BCUT2D eigenvalue weighted by Crippen LogP contribution is 1.95. The second-order valence-electron chi connectivity index (χ2n) is 1.69. The molecule has 0 bridgehead atoms. The molecule has 10 heavy (non-hydrogen) atoms. The molecule has 3 nitrogen and oxygen atoms in total. The third kappa shape index (κ3) is 1.85. The number of hydrogen-bond acceptors (Lipinski definition) is 2. The summed E-state index contributed by atoms with van der Waals surface area (Å²) in [6.07, 6.45) is 6.56. The molecule has 1 radical (unpaired) electrons. The van der Waals surface area contributed by atoms with E-state index in [-0.39, 0.29) is 0 Å². The van der Waals surface area contributed by atoms with E-state index in [2.05, 4.69) is 21.9 Å². The van der Waals surface area contributed by atoms with E-state index in [0.29, 0.717) is 12.4 Å². The van der Waals surface area contributed by atoms with Crippen molar-refractivity contribution in [3.05, 3.63) is 31.2 Å². The summed E-state index contributed by atoms with van der Waals surface area (Å²) in [5, 5.41) is 4.03. The summed E-state index contributed by atoms with van der Waals surface area (Å²) in [7, 11) is 0. The van der Waals surface area contributed by atoms with Crippen LogP contribution >= 0.6 is 0 Å². The minimum Gasteiger partial charge on any atom is -0.261 e. The molecule has 1 aromatic rings. The van der Waals surface area contributed by atoms with Crippen LogP contribution in [-0.2, 0) is 0 Å². The van der Waals surface area contributed by atoms with Gasteiger partial charge in [-0.2, -0.15) is 0 Å². The van der Waals surface area contributed by atoms with Gasteiger partial charge in [0.25, 0.3) is 0 Å². The Morgan fingerprint density at radius 2 is 2.50 bits per heavy atom. The van der Waals surface area contributed by atoms with Crippen LogP contribution in [0.1, 0.15) is 0 Å². The minimum absolute atomic E-state index is 0.596. The smallest absolute Gasteiger partial charge is 0.166 e. The quantitative estimate of drug-likeness (QED) is 0.576. The van der Waals surface area contributed by atoms with Crippen LogP contribution in [0.25, 0.3) is 0 Å². The van der Waals surface area contributed by atoms with Gasteiger partial charge in [-0.3, -0.25) is 10.3 Å². The first-order chi connectivity index (χ1) is 4.93. The third-order valence-corrected chi connectivity index (χ3v) is 0.932. The minimum atomic E-state index is 0.596. The van der Waals surface area contributed by atoms with Gasteiger partial charge in [-0.15, -0.1) is 6.58 Å². The van der Waals surface area contributed by atoms with E-state index in [4.69, 9.17) is 0 Å². The highest BCUT2D eigenvalue weighted by atomic mass is 15.0. The van der Waals surface area contributed by atoms with Crippen LogP contribution < -0.4 is 5.32 Å². The highest BCUT2D eigenvalue weighted by Gasteiger charge is 1.88. The summed E-state index contributed by atoms with van der Waals surface area (Å²) in [4.78, 5) is 7.79. The third-order valence-electron chi connectivity index (χ3n) is 0.932. The monoisotopic (exact) mass is 134 g/mol. The molecule has 0 saturated heterocycles. The van der Waals surface area contributed by atoms with Crippen molar-refractivity contribution in [1.29, 1.82) is 0 Å². The topological polar surface area (TPSA) is 39.9 Å². The first kappa shape index (κ1) is 6.74. The van der Waals surface area contributed by atoms with Crippen LogP contribution in [0.5, 0.6) is 0 Å². The molecule has 0 aliphatic heterocycles. The standard InChI is InChI=1S/C7H8N3/c1-2-3-9-7-6-8-4-5-10-7/h2,4-6H,1,3H2. The lowest BCUT2D eigenvalue weighted by molar-refractivity contribution is 0.924. The van der Waals surface area contributed by atoms with Crippen LogP contribution in [-0.4, -0.2) is 16.5 Å². The van der Waals surface area contributed by atoms with Crippen molar-refractivity contribution >= 4 is 5.82 Å². The SMILES string of the molecule is C=CC[N]c1cnccn1. The van der Waals surface area contributed by atoms with Crippen LogP contribution in [0.4, 0.5) is 5.82 Å². The van der Waals surface area contributed by atoms with Gasteiger partial charge in [-0.05, 0) is 0 Å². The zero-order valence-corrected chi connectivity index (χ0v) is 5.57. The van der Waals surface area contributed by atoms with E-state index in [1.165, 1.54) is 0 Å². The second-order valence-corrected chi connectivity index (χ2v) is 1.69. The molecular formula is C7H8N3. The van der Waals surface area contributed by atoms with Crippen LogP contribution in [0.15, 0.2) is 31.2 Å². The molecule has 0 amide bonds. The lowest BCUT2D eigenvalue weighted by Crippen LogP contribution is -1.98. The predicted octanol–water partition coefficient (Wildman–Crippen LogP) is 0.898. The average molecular weight is 134 g/mol. The van der Waals surface area contributed by atoms with E-state index in [1.807, 2.05) is 0 Å². The van der Waals surface area contributed by atoms with Gasteiger partial charge < -0.3 is 0 Å². The molecule has 0 aromatic carbocycles. The van der Waals surface area contributed by atoms with E-state index in [1.54, 1.807) is 24.7 Å². The number of hydrogen-bond donors (Lipinski definition) is 0. The Bertz CT molecular complexity index is 195. The van der Waals surface area contributed by atoms with Gasteiger partial charge >= 0.3 is 0 Å². The van der Waals surface area contributed by atoms with Crippen molar-refractivity contribution in [3.8, 4) is 0 Å². The molecule has 3 heteroatoms. The molecule has 0 aliphatic rings. The summed E-state index contributed by atoms with van der Waals surface area (Å²) in [5.41, 5.74) is 0. The molecule has 51 valence electrons.